The second-order valence-corrected chi connectivity index (χ2v) is 12.9. The third kappa shape index (κ3) is 10.5. The Bertz CT molecular complexity index is 1820. The molecule has 272 valence electrons. The summed E-state index contributed by atoms with van der Waals surface area (Å²) in [5, 5.41) is 4.09. The number of hydrogen-bond acceptors (Lipinski definition) is 8. The van der Waals surface area contributed by atoms with Gasteiger partial charge >= 0.3 is 12.1 Å². The molecule has 6 N–H and O–H groups in total. The Balaban J connectivity index is 1.66. The number of aromatic amines is 1. The van der Waals surface area contributed by atoms with Crippen molar-refractivity contribution in [2.45, 2.75) is 75.7 Å². The molecule has 0 amide bonds. The smallest absolute Gasteiger partial charge is 0.403 e. The van der Waals surface area contributed by atoms with Crippen LogP contribution in [-0.2, 0) is 11.2 Å². The van der Waals surface area contributed by atoms with Gasteiger partial charge in [-0.05, 0) is 93.3 Å². The third-order valence-corrected chi connectivity index (χ3v) is 8.87. The third-order valence-electron chi connectivity index (χ3n) is 8.08. The number of ether oxygens (including phenoxy) is 2. The van der Waals surface area contributed by atoms with Crippen molar-refractivity contribution in [2.24, 2.45) is 16.5 Å². The first-order valence-corrected chi connectivity index (χ1v) is 17.7. The molecule has 0 fully saturated rings. The molecule has 0 aliphatic heterocycles. The van der Waals surface area contributed by atoms with E-state index in [1.807, 2.05) is 24.5 Å². The van der Waals surface area contributed by atoms with Gasteiger partial charge in [-0.3, -0.25) is 9.56 Å². The number of nitrogens with two attached hydrogens (primary N) is 2. The summed E-state index contributed by atoms with van der Waals surface area (Å²) in [5.41, 5.74) is 13.3. The Kier molecular flexibility index (Phi) is 13.9. The van der Waals surface area contributed by atoms with Gasteiger partial charge in [-0.2, -0.15) is 4.98 Å². The molecule has 2 atom stereocenters. The summed E-state index contributed by atoms with van der Waals surface area (Å²) < 4.78 is 65.8. The molecular weight excluding hydrogens is 674 g/mol. The van der Waals surface area contributed by atoms with E-state index in [4.69, 9.17) is 16.2 Å². The molecular formula is C35H45F4N7O3S. The number of fused-ring (bicyclic) bond motifs is 1. The molecule has 4 rings (SSSR count). The Morgan fingerprint density at radius 2 is 1.96 bits per heavy atom. The number of thioether (sulfide) groups is 1. The maximum atomic E-state index is 15.6. The molecule has 0 bridgehead atoms. The minimum atomic E-state index is -5.10. The van der Waals surface area contributed by atoms with Crippen LogP contribution in [0.5, 0.6) is 5.75 Å². The van der Waals surface area contributed by atoms with Gasteiger partial charge in [0.2, 0.25) is 0 Å². The molecule has 10 nitrogen and oxygen atoms in total. The van der Waals surface area contributed by atoms with Crippen LogP contribution in [0.4, 0.5) is 17.6 Å². The molecule has 2 aromatic carbocycles. The molecule has 50 heavy (non-hydrogen) atoms. The molecule has 2 heterocycles. The lowest BCUT2D eigenvalue weighted by Gasteiger charge is -2.22. The highest BCUT2D eigenvalue weighted by Crippen LogP contribution is 2.36. The minimum absolute atomic E-state index is 0.1000. The molecule has 0 aliphatic rings. The Labute approximate surface area is 293 Å². The Hall–Kier alpha value is -3.92. The first-order valence-electron chi connectivity index (χ1n) is 16.5. The summed E-state index contributed by atoms with van der Waals surface area (Å²) in [5.74, 6) is -1.58. The predicted molar refractivity (Wildman–Crippen MR) is 191 cm³/mol. The second-order valence-electron chi connectivity index (χ2n) is 12.1. The van der Waals surface area contributed by atoms with E-state index in [-0.39, 0.29) is 29.0 Å². The number of nitrogens with zero attached hydrogens (tertiary/aromatic N) is 3. The van der Waals surface area contributed by atoms with Gasteiger partial charge in [0.05, 0.1) is 23.8 Å². The fourth-order valence-corrected chi connectivity index (χ4v) is 6.47. The summed E-state index contributed by atoms with van der Waals surface area (Å²) in [6, 6.07) is 9.70. The molecule has 2 unspecified atom stereocenters. The predicted octanol–water partition coefficient (Wildman–Crippen LogP) is 6.63. The molecule has 0 aliphatic carbocycles. The van der Waals surface area contributed by atoms with Crippen molar-refractivity contribution in [3.63, 3.8) is 0 Å². The van der Waals surface area contributed by atoms with Crippen LogP contribution in [0.1, 0.15) is 63.1 Å². The van der Waals surface area contributed by atoms with E-state index in [0.29, 0.717) is 54.9 Å². The molecule has 4 aromatic rings. The Morgan fingerprint density at radius 3 is 2.64 bits per heavy atom. The number of benzene rings is 2. The SMILES string of the molecule is CCCC(NCCCN=C(C)N)c1ccc(-n2cc3cc(-c4cc(CCCC(N)COC)cc(OC(F)(F)F)c4F)[nH]c3nc2=O)cc1SC. The Morgan fingerprint density at radius 1 is 1.18 bits per heavy atom. The van der Waals surface area contributed by atoms with E-state index in [1.54, 1.807) is 30.9 Å². The van der Waals surface area contributed by atoms with Crippen LogP contribution >= 0.6 is 11.8 Å². The van der Waals surface area contributed by atoms with E-state index < -0.39 is 23.6 Å². The number of hydrogen-bond donors (Lipinski definition) is 4. The van der Waals surface area contributed by atoms with Crippen LogP contribution in [0.2, 0.25) is 0 Å². The van der Waals surface area contributed by atoms with Gasteiger partial charge in [-0.1, -0.05) is 19.4 Å². The van der Waals surface area contributed by atoms with Crippen molar-refractivity contribution >= 4 is 28.6 Å². The summed E-state index contributed by atoms with van der Waals surface area (Å²) in [6.07, 6.45) is 2.60. The molecule has 15 heteroatoms. The van der Waals surface area contributed by atoms with E-state index in [0.717, 1.165) is 42.3 Å². The van der Waals surface area contributed by atoms with Gasteiger partial charge in [0.1, 0.15) is 5.65 Å². The van der Waals surface area contributed by atoms with E-state index in [2.05, 4.69) is 31.9 Å². The van der Waals surface area contributed by atoms with E-state index in [1.165, 1.54) is 17.7 Å². The molecule has 2 aromatic heterocycles. The number of amidine groups is 1. The molecule has 0 spiro atoms. The van der Waals surface area contributed by atoms with Crippen LogP contribution in [-0.4, -0.2) is 65.8 Å². The average molecular weight is 720 g/mol. The monoisotopic (exact) mass is 719 g/mol. The van der Waals surface area contributed by atoms with Gasteiger partial charge in [0.25, 0.3) is 0 Å². The molecule has 0 saturated carbocycles. The average Bonchev–Trinajstić information content (AvgIpc) is 3.46. The maximum absolute atomic E-state index is 15.6. The highest BCUT2D eigenvalue weighted by Gasteiger charge is 2.33. The number of H-pyrrole nitrogens is 1. The van der Waals surface area contributed by atoms with Crippen LogP contribution in [0.15, 0.2) is 57.3 Å². The number of aliphatic imine (C=N–C) groups is 1. The fraction of sp³-hybridized carbons (Fsp3) is 0.457. The minimum Gasteiger partial charge on any atom is -0.403 e. The maximum Gasteiger partial charge on any atom is 0.573 e. The summed E-state index contributed by atoms with van der Waals surface area (Å²) in [7, 11) is 1.53. The summed E-state index contributed by atoms with van der Waals surface area (Å²) in [4.78, 5) is 25.6. The van der Waals surface area contributed by atoms with Crippen molar-refractivity contribution in [1.82, 2.24) is 19.9 Å². The highest BCUT2D eigenvalue weighted by atomic mass is 32.2. The lowest BCUT2D eigenvalue weighted by molar-refractivity contribution is -0.275. The normalized spacial score (nSPS) is 13.6. The van der Waals surface area contributed by atoms with Crippen molar-refractivity contribution in [3.05, 3.63) is 70.0 Å². The van der Waals surface area contributed by atoms with Crippen molar-refractivity contribution in [3.8, 4) is 22.7 Å². The zero-order valence-corrected chi connectivity index (χ0v) is 29.5. The number of halogens is 4. The van der Waals surface area contributed by atoms with Crippen molar-refractivity contribution in [2.75, 3.05) is 33.1 Å². The van der Waals surface area contributed by atoms with Gasteiger partial charge in [-0.25, -0.2) is 9.18 Å². The number of methoxy groups -OCH3 is 1. The second kappa shape index (κ2) is 17.8. The van der Waals surface area contributed by atoms with E-state index in [9.17, 15) is 18.0 Å². The zero-order valence-electron chi connectivity index (χ0n) is 28.7. The quantitative estimate of drug-likeness (QED) is 0.0295. The van der Waals surface area contributed by atoms with Gasteiger partial charge in [0.15, 0.2) is 11.6 Å². The number of nitrogens with one attached hydrogen (secondary N) is 2. The van der Waals surface area contributed by atoms with Crippen LogP contribution < -0.4 is 27.2 Å². The first-order chi connectivity index (χ1) is 23.8. The molecule has 0 saturated heterocycles. The lowest BCUT2D eigenvalue weighted by atomic mass is 10.0. The van der Waals surface area contributed by atoms with Crippen molar-refractivity contribution in [1.29, 1.82) is 0 Å². The van der Waals surface area contributed by atoms with Crippen LogP contribution in [0.3, 0.4) is 0 Å². The van der Waals surface area contributed by atoms with Crippen molar-refractivity contribution < 1.29 is 27.0 Å². The van der Waals surface area contributed by atoms with Crippen LogP contribution in [0.25, 0.3) is 28.0 Å². The number of aromatic nitrogens is 3. The molecule has 0 radical (unpaired) electrons. The fourth-order valence-electron chi connectivity index (χ4n) is 5.79. The van der Waals surface area contributed by atoms with Crippen LogP contribution in [0, 0.1) is 5.82 Å². The van der Waals surface area contributed by atoms with E-state index >= 15 is 4.39 Å². The zero-order chi connectivity index (χ0) is 36.4. The number of aryl methyl sites for hydroxylation is 1. The summed E-state index contributed by atoms with van der Waals surface area (Å²) >= 11 is 1.57. The topological polar surface area (TPSA) is 146 Å². The number of rotatable bonds is 18. The number of alkyl halides is 3. The van der Waals surface area contributed by atoms with Gasteiger partial charge in [0, 0.05) is 47.8 Å². The first kappa shape index (κ1) is 38.9. The largest absolute Gasteiger partial charge is 0.573 e. The highest BCUT2D eigenvalue weighted by molar-refractivity contribution is 7.98. The summed E-state index contributed by atoms with van der Waals surface area (Å²) in [6.45, 7) is 5.65. The lowest BCUT2D eigenvalue weighted by Crippen LogP contribution is -2.25. The van der Waals surface area contributed by atoms with Gasteiger partial charge in [-0.15, -0.1) is 24.9 Å². The standard InChI is InChI=1S/C35H45F4N7O3S/c1-5-8-28(43-14-7-13-42-21(2)40)26-12-11-25(18-31(26)50-4)46-19-23-17-29(44-33(23)45-34(46)47)27-15-22(9-6-10-24(41)20-48-3)16-30(32(27)36)49-35(37,38)39/h11-12,15-19,24,28,43H,5-10,13-14,20,41H2,1-4H3,(H2,40,42)(H,44,45,47). The van der Waals surface area contributed by atoms with Gasteiger partial charge < -0.3 is 31.2 Å².